The summed E-state index contributed by atoms with van der Waals surface area (Å²) in [6, 6.07) is 13.6. The summed E-state index contributed by atoms with van der Waals surface area (Å²) in [5, 5.41) is 8.73. The fourth-order valence-corrected chi connectivity index (χ4v) is 1.90. The van der Waals surface area contributed by atoms with Crippen molar-refractivity contribution in [3.05, 3.63) is 66.2 Å². The third-order valence-electron chi connectivity index (χ3n) is 3.27. The fourth-order valence-electron chi connectivity index (χ4n) is 1.90. The average Bonchev–Trinajstić information content (AvgIpc) is 2.66. The number of ether oxygens (including phenoxy) is 3. The zero-order chi connectivity index (χ0) is 20.1. The lowest BCUT2D eigenvalue weighted by molar-refractivity contribution is 0.0697. The van der Waals surface area contributed by atoms with Gasteiger partial charge in [-0.2, -0.15) is 0 Å². The van der Waals surface area contributed by atoms with E-state index < -0.39 is 5.97 Å². The molecule has 2 aromatic rings. The summed E-state index contributed by atoms with van der Waals surface area (Å²) in [5.74, 6) is 0.568. The van der Waals surface area contributed by atoms with E-state index in [-0.39, 0.29) is 5.56 Å². The van der Waals surface area contributed by atoms with Crippen molar-refractivity contribution < 1.29 is 24.1 Å². The largest absolute Gasteiger partial charge is 0.497 e. The summed E-state index contributed by atoms with van der Waals surface area (Å²) in [6.45, 7) is 7.40. The highest BCUT2D eigenvalue weighted by Crippen LogP contribution is 2.12. The van der Waals surface area contributed by atoms with Crippen molar-refractivity contribution in [2.75, 3.05) is 32.7 Å². The Morgan fingerprint density at radius 3 is 2.15 bits per heavy atom. The molecule has 146 valence electrons. The third-order valence-corrected chi connectivity index (χ3v) is 3.27. The van der Waals surface area contributed by atoms with Crippen LogP contribution in [0, 0.1) is 0 Å². The first-order valence-corrected chi connectivity index (χ1v) is 8.50. The molecule has 0 heterocycles. The zero-order valence-electron chi connectivity index (χ0n) is 15.8. The Labute approximate surface area is 160 Å². The molecule has 27 heavy (non-hydrogen) atoms. The summed E-state index contributed by atoms with van der Waals surface area (Å²) < 4.78 is 15.7. The van der Waals surface area contributed by atoms with Gasteiger partial charge in [0.15, 0.2) is 0 Å². The molecule has 2 aromatic carbocycles. The first kappa shape index (κ1) is 22.1. The smallest absolute Gasteiger partial charge is 0.335 e. The van der Waals surface area contributed by atoms with Crippen molar-refractivity contribution in [3.63, 3.8) is 0 Å². The van der Waals surface area contributed by atoms with Crippen molar-refractivity contribution in [3.8, 4) is 11.5 Å². The summed E-state index contributed by atoms with van der Waals surface area (Å²) >= 11 is 0. The summed E-state index contributed by atoms with van der Waals surface area (Å²) in [7, 11) is 1.63. The van der Waals surface area contributed by atoms with Crippen LogP contribution in [0.15, 0.2) is 60.7 Å². The van der Waals surface area contributed by atoms with Gasteiger partial charge in [-0.05, 0) is 55.5 Å². The molecule has 0 spiro atoms. The number of anilines is 1. The lowest BCUT2D eigenvalue weighted by Crippen LogP contribution is -2.04. The number of hydrogen-bond acceptors (Lipinski definition) is 5. The SMILES string of the molecule is C=C(C)COCCCOc1ccc(C(=O)O)cc1.COc1ccc(N)cc1. The number of carboxylic acids is 1. The molecule has 0 saturated heterocycles. The summed E-state index contributed by atoms with van der Waals surface area (Å²) in [4.78, 5) is 10.6. The standard InChI is InChI=1S/C14H18O4.C7H9NO/c1-11(2)10-17-8-3-9-18-13-6-4-12(5-7-13)14(15)16;1-9-7-4-2-6(8)3-5-7/h4-7H,1,3,8-10H2,2H3,(H,15,16);2-5H,8H2,1H3. The average molecular weight is 373 g/mol. The number of methoxy groups -OCH3 is 1. The van der Waals surface area contributed by atoms with E-state index >= 15 is 0 Å². The van der Waals surface area contributed by atoms with Crippen molar-refractivity contribution in [2.24, 2.45) is 0 Å². The topological polar surface area (TPSA) is 91.0 Å². The number of aromatic carboxylic acids is 1. The van der Waals surface area contributed by atoms with Gasteiger partial charge in [-0.3, -0.25) is 0 Å². The number of hydrogen-bond donors (Lipinski definition) is 2. The van der Waals surface area contributed by atoms with E-state index in [0.717, 1.165) is 23.4 Å². The van der Waals surface area contributed by atoms with Gasteiger partial charge >= 0.3 is 5.97 Å². The van der Waals surface area contributed by atoms with Crippen LogP contribution in [-0.4, -0.2) is 38.0 Å². The van der Waals surface area contributed by atoms with Crippen LogP contribution in [0.3, 0.4) is 0 Å². The molecule has 6 heteroatoms. The van der Waals surface area contributed by atoms with Gasteiger partial charge in [-0.15, -0.1) is 0 Å². The van der Waals surface area contributed by atoms with E-state index in [1.165, 1.54) is 12.1 Å². The normalized spacial score (nSPS) is 9.70. The second kappa shape index (κ2) is 12.4. The highest BCUT2D eigenvalue weighted by molar-refractivity contribution is 5.87. The number of carbonyl (C=O) groups is 1. The van der Waals surface area contributed by atoms with Gasteiger partial charge in [-0.1, -0.05) is 12.2 Å². The molecular weight excluding hydrogens is 346 g/mol. The monoisotopic (exact) mass is 373 g/mol. The van der Waals surface area contributed by atoms with E-state index in [1.807, 2.05) is 19.1 Å². The maximum absolute atomic E-state index is 10.6. The van der Waals surface area contributed by atoms with Crippen LogP contribution in [0.5, 0.6) is 11.5 Å². The minimum Gasteiger partial charge on any atom is -0.497 e. The quantitative estimate of drug-likeness (QED) is 0.392. The molecule has 3 N–H and O–H groups in total. The zero-order valence-corrected chi connectivity index (χ0v) is 15.8. The van der Waals surface area contributed by atoms with E-state index in [0.29, 0.717) is 25.6 Å². The van der Waals surface area contributed by atoms with Crippen LogP contribution in [0.1, 0.15) is 23.7 Å². The highest BCUT2D eigenvalue weighted by atomic mass is 16.5. The van der Waals surface area contributed by atoms with Crippen LogP contribution < -0.4 is 15.2 Å². The van der Waals surface area contributed by atoms with Crippen LogP contribution in [0.4, 0.5) is 5.69 Å². The summed E-state index contributed by atoms with van der Waals surface area (Å²) in [6.07, 6.45) is 0.786. The molecular formula is C21H27NO5. The minimum absolute atomic E-state index is 0.257. The molecule has 0 aliphatic heterocycles. The van der Waals surface area contributed by atoms with Gasteiger partial charge in [0.05, 0.1) is 32.5 Å². The molecule has 2 rings (SSSR count). The van der Waals surface area contributed by atoms with E-state index in [2.05, 4.69) is 6.58 Å². The first-order valence-electron chi connectivity index (χ1n) is 8.50. The van der Waals surface area contributed by atoms with Gasteiger partial charge in [0.25, 0.3) is 0 Å². The third kappa shape index (κ3) is 9.91. The van der Waals surface area contributed by atoms with Crippen LogP contribution in [0.25, 0.3) is 0 Å². The Morgan fingerprint density at radius 1 is 1.04 bits per heavy atom. The van der Waals surface area contributed by atoms with Crippen molar-refractivity contribution >= 4 is 11.7 Å². The maximum Gasteiger partial charge on any atom is 0.335 e. The number of nitrogen functional groups attached to an aromatic ring is 1. The van der Waals surface area contributed by atoms with Crippen LogP contribution in [-0.2, 0) is 4.74 Å². The Morgan fingerprint density at radius 2 is 1.63 bits per heavy atom. The van der Waals surface area contributed by atoms with Crippen molar-refractivity contribution in [1.29, 1.82) is 0 Å². The van der Waals surface area contributed by atoms with Gasteiger partial charge < -0.3 is 25.1 Å². The molecule has 0 radical (unpaired) electrons. The van der Waals surface area contributed by atoms with Gasteiger partial charge in [0.1, 0.15) is 11.5 Å². The second-order valence-electron chi connectivity index (χ2n) is 5.81. The number of benzene rings is 2. The summed E-state index contributed by atoms with van der Waals surface area (Å²) in [5.41, 5.74) is 7.44. The molecule has 0 unspecified atom stereocenters. The van der Waals surface area contributed by atoms with Gasteiger partial charge in [-0.25, -0.2) is 4.79 Å². The first-order chi connectivity index (χ1) is 12.9. The Kier molecular flexibility index (Phi) is 10.1. The van der Waals surface area contributed by atoms with Crippen LogP contribution >= 0.6 is 0 Å². The molecule has 0 bridgehead atoms. The number of carboxylic acid groups (broad SMARTS) is 1. The molecule has 0 atom stereocenters. The predicted octanol–water partition coefficient (Wildman–Crippen LogP) is 4.02. The maximum atomic E-state index is 10.6. The Bertz CT molecular complexity index is 696. The van der Waals surface area contributed by atoms with Crippen molar-refractivity contribution in [2.45, 2.75) is 13.3 Å². The number of rotatable bonds is 9. The predicted molar refractivity (Wildman–Crippen MR) is 107 cm³/mol. The highest BCUT2D eigenvalue weighted by Gasteiger charge is 2.01. The van der Waals surface area contributed by atoms with Crippen molar-refractivity contribution in [1.82, 2.24) is 0 Å². The lowest BCUT2D eigenvalue weighted by atomic mass is 10.2. The molecule has 0 fully saturated rings. The second-order valence-corrected chi connectivity index (χ2v) is 5.81. The molecule has 0 aliphatic rings. The number of nitrogens with two attached hydrogens (primary N) is 1. The van der Waals surface area contributed by atoms with Gasteiger partial charge in [0.2, 0.25) is 0 Å². The van der Waals surface area contributed by atoms with Crippen LogP contribution in [0.2, 0.25) is 0 Å². The van der Waals surface area contributed by atoms with Gasteiger partial charge in [0, 0.05) is 12.1 Å². The molecule has 0 aliphatic carbocycles. The Hall–Kier alpha value is -2.99. The van der Waals surface area contributed by atoms with E-state index in [1.54, 1.807) is 31.4 Å². The minimum atomic E-state index is -0.935. The molecule has 0 aromatic heterocycles. The molecule has 0 saturated carbocycles. The van der Waals surface area contributed by atoms with E-state index in [9.17, 15) is 4.79 Å². The lowest BCUT2D eigenvalue weighted by Gasteiger charge is -2.07. The van der Waals surface area contributed by atoms with E-state index in [4.69, 9.17) is 25.1 Å². The Balaban J connectivity index is 0.000000337. The fraction of sp³-hybridized carbons (Fsp3) is 0.286. The molecule has 6 nitrogen and oxygen atoms in total. The molecule has 0 amide bonds.